The van der Waals surface area contributed by atoms with Crippen LogP contribution in [0.5, 0.6) is 0 Å². The number of benzene rings is 1. The van der Waals surface area contributed by atoms with Gasteiger partial charge in [0.15, 0.2) is 0 Å². The maximum absolute atomic E-state index is 3.47. The molecular weight excluding hydrogens is 238 g/mol. The zero-order valence-electron chi connectivity index (χ0n) is 8.68. The summed E-state index contributed by atoms with van der Waals surface area (Å²) in [4.78, 5) is 0. The van der Waals surface area contributed by atoms with E-state index in [1.165, 1.54) is 12.0 Å². The molecule has 0 amide bonds. The van der Waals surface area contributed by atoms with Crippen molar-refractivity contribution < 1.29 is 0 Å². The van der Waals surface area contributed by atoms with E-state index in [1.807, 2.05) is 7.05 Å². The largest absolute Gasteiger partial charge is 0.319 e. The van der Waals surface area contributed by atoms with Crippen molar-refractivity contribution in [1.82, 2.24) is 5.32 Å². The van der Waals surface area contributed by atoms with Crippen molar-refractivity contribution in [3.05, 3.63) is 34.3 Å². The van der Waals surface area contributed by atoms with Gasteiger partial charge in [0, 0.05) is 4.47 Å². The number of hydrogen-bond donors (Lipinski definition) is 1. The molecule has 0 heterocycles. The summed E-state index contributed by atoms with van der Waals surface area (Å²) in [5.41, 5.74) is 1.89. The normalized spacial score (nSPS) is 30.4. The van der Waals surface area contributed by atoms with E-state index in [1.54, 1.807) is 0 Å². The summed E-state index contributed by atoms with van der Waals surface area (Å²) in [6.45, 7) is 3.49. The molecule has 14 heavy (non-hydrogen) atoms. The Morgan fingerprint density at radius 3 is 2.64 bits per heavy atom. The predicted octanol–water partition coefficient (Wildman–Crippen LogP) is 2.95. The van der Waals surface area contributed by atoms with Crippen LogP contribution in [0.3, 0.4) is 0 Å². The van der Waals surface area contributed by atoms with Gasteiger partial charge in [-0.2, -0.15) is 0 Å². The predicted molar refractivity (Wildman–Crippen MR) is 63.5 cm³/mol. The standard InChI is InChI=1S/C12H16BrN/c1-12(7-10(12)8-14-2)9-3-5-11(13)6-4-9/h3-6,10,14H,7-8H2,1-2H3. The molecule has 2 rings (SSSR count). The second kappa shape index (κ2) is 3.67. The molecule has 1 aliphatic carbocycles. The first-order chi connectivity index (χ1) is 6.66. The van der Waals surface area contributed by atoms with Gasteiger partial charge in [-0.1, -0.05) is 35.0 Å². The molecule has 0 saturated heterocycles. The lowest BCUT2D eigenvalue weighted by Gasteiger charge is -2.11. The van der Waals surface area contributed by atoms with Gasteiger partial charge in [0.25, 0.3) is 0 Å². The van der Waals surface area contributed by atoms with E-state index in [9.17, 15) is 0 Å². The fourth-order valence-corrected chi connectivity index (χ4v) is 2.45. The fraction of sp³-hybridized carbons (Fsp3) is 0.500. The molecule has 1 aliphatic rings. The Hall–Kier alpha value is -0.340. The first-order valence-corrected chi connectivity index (χ1v) is 5.87. The summed E-state index contributed by atoms with van der Waals surface area (Å²) in [6, 6.07) is 8.74. The van der Waals surface area contributed by atoms with Gasteiger partial charge in [0.2, 0.25) is 0 Å². The summed E-state index contributed by atoms with van der Waals surface area (Å²) in [7, 11) is 2.03. The third kappa shape index (κ3) is 1.73. The quantitative estimate of drug-likeness (QED) is 0.874. The van der Waals surface area contributed by atoms with E-state index >= 15 is 0 Å². The molecule has 1 N–H and O–H groups in total. The Balaban J connectivity index is 2.13. The van der Waals surface area contributed by atoms with Gasteiger partial charge in [-0.15, -0.1) is 0 Å². The molecule has 0 radical (unpaired) electrons. The summed E-state index contributed by atoms with van der Waals surface area (Å²) in [6.07, 6.45) is 1.31. The van der Waals surface area contributed by atoms with Crippen LogP contribution in [-0.2, 0) is 5.41 Å². The third-order valence-corrected chi connectivity index (χ3v) is 3.89. The average molecular weight is 254 g/mol. The molecule has 2 unspecified atom stereocenters. The van der Waals surface area contributed by atoms with Crippen LogP contribution in [0.4, 0.5) is 0 Å². The van der Waals surface area contributed by atoms with Gasteiger partial charge in [-0.3, -0.25) is 0 Å². The number of nitrogens with one attached hydrogen (secondary N) is 1. The lowest BCUT2D eigenvalue weighted by Crippen LogP contribution is -2.15. The minimum absolute atomic E-state index is 0.420. The molecule has 0 spiro atoms. The van der Waals surface area contributed by atoms with E-state index in [-0.39, 0.29) is 0 Å². The van der Waals surface area contributed by atoms with Gasteiger partial charge < -0.3 is 5.32 Å². The molecule has 2 atom stereocenters. The summed E-state index contributed by atoms with van der Waals surface area (Å²) < 4.78 is 1.16. The van der Waals surface area contributed by atoms with Gasteiger partial charge in [-0.05, 0) is 49.0 Å². The van der Waals surface area contributed by atoms with E-state index in [0.717, 1.165) is 16.9 Å². The van der Waals surface area contributed by atoms with Gasteiger partial charge in [-0.25, -0.2) is 0 Å². The van der Waals surface area contributed by atoms with E-state index in [4.69, 9.17) is 0 Å². The highest BCUT2D eigenvalue weighted by Crippen LogP contribution is 2.53. The third-order valence-electron chi connectivity index (χ3n) is 3.37. The van der Waals surface area contributed by atoms with Crippen LogP contribution in [0.1, 0.15) is 18.9 Å². The minimum atomic E-state index is 0.420. The van der Waals surface area contributed by atoms with Crippen molar-refractivity contribution in [2.45, 2.75) is 18.8 Å². The molecule has 1 saturated carbocycles. The van der Waals surface area contributed by atoms with Crippen molar-refractivity contribution in [3.63, 3.8) is 0 Å². The van der Waals surface area contributed by atoms with Crippen LogP contribution in [0.25, 0.3) is 0 Å². The molecular formula is C12H16BrN. The first-order valence-electron chi connectivity index (χ1n) is 5.07. The van der Waals surface area contributed by atoms with Gasteiger partial charge >= 0.3 is 0 Å². The van der Waals surface area contributed by atoms with Crippen LogP contribution < -0.4 is 5.32 Å². The Morgan fingerprint density at radius 2 is 2.07 bits per heavy atom. The molecule has 2 heteroatoms. The maximum atomic E-state index is 3.47. The van der Waals surface area contributed by atoms with Crippen LogP contribution >= 0.6 is 15.9 Å². The Bertz CT molecular complexity index is 320. The minimum Gasteiger partial charge on any atom is -0.319 e. The molecule has 1 nitrogen and oxygen atoms in total. The number of hydrogen-bond acceptors (Lipinski definition) is 1. The van der Waals surface area contributed by atoms with Gasteiger partial charge in [0.05, 0.1) is 0 Å². The maximum Gasteiger partial charge on any atom is 0.0175 e. The van der Waals surface area contributed by atoms with Crippen molar-refractivity contribution in [2.75, 3.05) is 13.6 Å². The number of rotatable bonds is 3. The lowest BCUT2D eigenvalue weighted by atomic mass is 9.95. The first kappa shape index (κ1) is 10.2. The van der Waals surface area contributed by atoms with E-state index < -0.39 is 0 Å². The molecule has 0 aromatic heterocycles. The Labute approximate surface area is 94.0 Å². The molecule has 1 fully saturated rings. The lowest BCUT2D eigenvalue weighted by molar-refractivity contribution is 0.617. The van der Waals surface area contributed by atoms with Crippen LogP contribution in [0.15, 0.2) is 28.7 Å². The van der Waals surface area contributed by atoms with Crippen LogP contribution in [0.2, 0.25) is 0 Å². The summed E-state index contributed by atoms with van der Waals surface area (Å²) >= 11 is 3.47. The molecule has 0 bridgehead atoms. The zero-order valence-corrected chi connectivity index (χ0v) is 10.3. The van der Waals surface area contributed by atoms with Gasteiger partial charge in [0.1, 0.15) is 0 Å². The van der Waals surface area contributed by atoms with Crippen LogP contribution in [-0.4, -0.2) is 13.6 Å². The molecule has 76 valence electrons. The number of halogens is 1. The Morgan fingerprint density at radius 1 is 1.43 bits per heavy atom. The van der Waals surface area contributed by atoms with Crippen molar-refractivity contribution >= 4 is 15.9 Å². The zero-order chi connectivity index (χ0) is 10.2. The second-order valence-electron chi connectivity index (χ2n) is 4.38. The highest BCUT2D eigenvalue weighted by molar-refractivity contribution is 9.10. The summed E-state index contributed by atoms with van der Waals surface area (Å²) in [5.74, 6) is 0.814. The highest BCUT2D eigenvalue weighted by atomic mass is 79.9. The molecule has 0 aliphatic heterocycles. The SMILES string of the molecule is CNCC1CC1(C)c1ccc(Br)cc1. The Kier molecular flexibility index (Phi) is 2.67. The molecule has 1 aromatic carbocycles. The van der Waals surface area contributed by atoms with Crippen molar-refractivity contribution in [2.24, 2.45) is 5.92 Å². The van der Waals surface area contributed by atoms with E-state index in [0.29, 0.717) is 5.41 Å². The monoisotopic (exact) mass is 253 g/mol. The van der Waals surface area contributed by atoms with Crippen LogP contribution in [0, 0.1) is 5.92 Å². The fourth-order valence-electron chi connectivity index (χ4n) is 2.18. The van der Waals surface area contributed by atoms with Crippen molar-refractivity contribution in [1.29, 1.82) is 0 Å². The summed E-state index contributed by atoms with van der Waals surface area (Å²) in [5, 5.41) is 3.26. The van der Waals surface area contributed by atoms with E-state index in [2.05, 4.69) is 52.4 Å². The average Bonchev–Trinajstić information content (AvgIpc) is 2.80. The topological polar surface area (TPSA) is 12.0 Å². The highest BCUT2D eigenvalue weighted by Gasteiger charge is 2.50. The smallest absolute Gasteiger partial charge is 0.0175 e. The molecule has 1 aromatic rings. The second-order valence-corrected chi connectivity index (χ2v) is 5.30. The van der Waals surface area contributed by atoms with Crippen molar-refractivity contribution in [3.8, 4) is 0 Å².